The standard InChI is InChI=1S/C14H15N3O2/c1-11-5-6-13(17(18)19)10-14(11)16-9-7-12-4-2-3-8-15-12/h2-6,8,10,16H,7,9H2,1H3. The quantitative estimate of drug-likeness (QED) is 0.660. The van der Waals surface area contributed by atoms with E-state index in [0.29, 0.717) is 6.54 Å². The second-order valence-corrected chi connectivity index (χ2v) is 4.25. The van der Waals surface area contributed by atoms with Crippen LogP contribution in [-0.2, 0) is 6.42 Å². The Bertz CT molecular complexity index is 570. The minimum atomic E-state index is -0.386. The molecule has 0 fully saturated rings. The number of nitro groups is 1. The summed E-state index contributed by atoms with van der Waals surface area (Å²) in [4.78, 5) is 14.6. The molecule has 0 radical (unpaired) electrons. The summed E-state index contributed by atoms with van der Waals surface area (Å²) in [6, 6.07) is 10.6. The molecule has 0 bridgehead atoms. The van der Waals surface area contributed by atoms with Crippen LogP contribution >= 0.6 is 0 Å². The molecule has 0 aliphatic heterocycles. The summed E-state index contributed by atoms with van der Waals surface area (Å²) >= 11 is 0. The number of rotatable bonds is 5. The van der Waals surface area contributed by atoms with Crippen molar-refractivity contribution >= 4 is 11.4 Å². The highest BCUT2D eigenvalue weighted by atomic mass is 16.6. The number of aryl methyl sites for hydroxylation is 1. The van der Waals surface area contributed by atoms with E-state index in [1.807, 2.05) is 25.1 Å². The van der Waals surface area contributed by atoms with Gasteiger partial charge in [0.05, 0.1) is 4.92 Å². The Balaban J connectivity index is 1.99. The van der Waals surface area contributed by atoms with Crippen molar-refractivity contribution in [3.8, 4) is 0 Å². The maximum absolute atomic E-state index is 10.7. The normalized spacial score (nSPS) is 10.2. The monoisotopic (exact) mass is 257 g/mol. The number of nitro benzene ring substituents is 1. The largest absolute Gasteiger partial charge is 0.384 e. The molecule has 5 nitrogen and oxygen atoms in total. The van der Waals surface area contributed by atoms with E-state index in [-0.39, 0.29) is 10.6 Å². The zero-order valence-corrected chi connectivity index (χ0v) is 10.7. The van der Waals surface area contributed by atoms with E-state index in [1.54, 1.807) is 18.3 Å². The van der Waals surface area contributed by atoms with Crippen LogP contribution in [0.15, 0.2) is 42.6 Å². The van der Waals surface area contributed by atoms with E-state index in [4.69, 9.17) is 0 Å². The molecule has 5 heteroatoms. The number of nitrogens with zero attached hydrogens (tertiary/aromatic N) is 2. The fourth-order valence-corrected chi connectivity index (χ4v) is 1.79. The third-order valence-corrected chi connectivity index (χ3v) is 2.85. The van der Waals surface area contributed by atoms with Gasteiger partial charge in [-0.1, -0.05) is 12.1 Å². The van der Waals surface area contributed by atoms with Crippen LogP contribution in [0.3, 0.4) is 0 Å². The zero-order valence-electron chi connectivity index (χ0n) is 10.7. The Morgan fingerprint density at radius 1 is 1.32 bits per heavy atom. The average Bonchev–Trinajstić information content (AvgIpc) is 2.42. The molecule has 1 aromatic heterocycles. The molecule has 1 aromatic carbocycles. The van der Waals surface area contributed by atoms with Gasteiger partial charge in [0.2, 0.25) is 0 Å². The van der Waals surface area contributed by atoms with Crippen molar-refractivity contribution < 1.29 is 4.92 Å². The van der Waals surface area contributed by atoms with Crippen molar-refractivity contribution in [3.63, 3.8) is 0 Å². The minimum absolute atomic E-state index is 0.103. The number of anilines is 1. The third-order valence-electron chi connectivity index (χ3n) is 2.85. The van der Waals surface area contributed by atoms with Crippen LogP contribution < -0.4 is 5.32 Å². The molecule has 0 saturated carbocycles. The van der Waals surface area contributed by atoms with E-state index in [1.165, 1.54) is 6.07 Å². The van der Waals surface area contributed by atoms with Gasteiger partial charge in [-0.15, -0.1) is 0 Å². The molecule has 1 N–H and O–H groups in total. The topological polar surface area (TPSA) is 68.1 Å². The van der Waals surface area contributed by atoms with Gasteiger partial charge in [0.15, 0.2) is 0 Å². The summed E-state index contributed by atoms with van der Waals surface area (Å²) in [6.45, 7) is 2.62. The van der Waals surface area contributed by atoms with Gasteiger partial charge in [-0.2, -0.15) is 0 Å². The number of non-ortho nitro benzene ring substituents is 1. The molecule has 2 rings (SSSR count). The Kier molecular flexibility index (Phi) is 4.07. The summed E-state index contributed by atoms with van der Waals surface area (Å²) in [5.41, 5.74) is 2.89. The van der Waals surface area contributed by atoms with Crippen molar-refractivity contribution in [3.05, 3.63) is 64.0 Å². The van der Waals surface area contributed by atoms with E-state index in [9.17, 15) is 10.1 Å². The molecule has 0 atom stereocenters. The van der Waals surface area contributed by atoms with Gasteiger partial charge in [-0.3, -0.25) is 15.1 Å². The molecule has 0 aliphatic carbocycles. The first kappa shape index (κ1) is 13.0. The van der Waals surface area contributed by atoms with Crippen molar-refractivity contribution in [1.29, 1.82) is 0 Å². The Labute approximate surface area is 111 Å². The van der Waals surface area contributed by atoms with Crippen LogP contribution in [0.2, 0.25) is 0 Å². The second-order valence-electron chi connectivity index (χ2n) is 4.25. The van der Waals surface area contributed by atoms with Gasteiger partial charge in [0.25, 0.3) is 5.69 Å². The van der Waals surface area contributed by atoms with Crippen LogP contribution in [0.1, 0.15) is 11.3 Å². The number of pyridine rings is 1. The zero-order chi connectivity index (χ0) is 13.7. The lowest BCUT2D eigenvalue weighted by Gasteiger charge is -2.09. The number of hydrogen-bond acceptors (Lipinski definition) is 4. The van der Waals surface area contributed by atoms with Gasteiger partial charge in [-0.05, 0) is 24.6 Å². The predicted octanol–water partition coefficient (Wildman–Crippen LogP) is 2.95. The number of nitrogens with one attached hydrogen (secondary N) is 1. The maximum Gasteiger partial charge on any atom is 0.271 e. The summed E-state index contributed by atoms with van der Waals surface area (Å²) in [5.74, 6) is 0. The first-order valence-electron chi connectivity index (χ1n) is 6.05. The number of benzene rings is 1. The summed E-state index contributed by atoms with van der Waals surface area (Å²) < 4.78 is 0. The Hall–Kier alpha value is -2.43. The van der Waals surface area contributed by atoms with Crippen molar-refractivity contribution in [2.24, 2.45) is 0 Å². The molecule has 1 heterocycles. The molecule has 0 spiro atoms. The summed E-state index contributed by atoms with van der Waals surface area (Å²) in [5, 5.41) is 13.9. The second kappa shape index (κ2) is 5.95. The van der Waals surface area contributed by atoms with Crippen LogP contribution in [0.5, 0.6) is 0 Å². The Morgan fingerprint density at radius 3 is 2.84 bits per heavy atom. The minimum Gasteiger partial charge on any atom is -0.384 e. The van der Waals surface area contributed by atoms with Crippen LogP contribution in [0.4, 0.5) is 11.4 Å². The van der Waals surface area contributed by atoms with Gasteiger partial charge in [-0.25, -0.2) is 0 Å². The molecule has 98 valence electrons. The molecular formula is C14H15N3O2. The lowest BCUT2D eigenvalue weighted by Crippen LogP contribution is -2.07. The van der Waals surface area contributed by atoms with Crippen molar-refractivity contribution in [2.75, 3.05) is 11.9 Å². The fourth-order valence-electron chi connectivity index (χ4n) is 1.79. The average molecular weight is 257 g/mol. The summed E-state index contributed by atoms with van der Waals surface area (Å²) in [6.07, 6.45) is 2.54. The maximum atomic E-state index is 10.7. The van der Waals surface area contributed by atoms with Crippen LogP contribution in [-0.4, -0.2) is 16.5 Å². The molecule has 0 amide bonds. The molecule has 2 aromatic rings. The first-order chi connectivity index (χ1) is 9.16. The molecule has 0 saturated heterocycles. The van der Waals surface area contributed by atoms with Crippen molar-refractivity contribution in [2.45, 2.75) is 13.3 Å². The van der Waals surface area contributed by atoms with E-state index in [0.717, 1.165) is 23.4 Å². The van der Waals surface area contributed by atoms with Gasteiger partial charge in [0, 0.05) is 42.7 Å². The lowest BCUT2D eigenvalue weighted by atomic mass is 10.1. The smallest absolute Gasteiger partial charge is 0.271 e. The number of hydrogen-bond donors (Lipinski definition) is 1. The lowest BCUT2D eigenvalue weighted by molar-refractivity contribution is -0.384. The Morgan fingerprint density at radius 2 is 2.16 bits per heavy atom. The fraction of sp³-hybridized carbons (Fsp3) is 0.214. The van der Waals surface area contributed by atoms with Crippen molar-refractivity contribution in [1.82, 2.24) is 4.98 Å². The van der Waals surface area contributed by atoms with Gasteiger partial charge < -0.3 is 5.32 Å². The molecule has 19 heavy (non-hydrogen) atoms. The number of aromatic nitrogens is 1. The molecule has 0 aliphatic rings. The third kappa shape index (κ3) is 3.51. The highest BCUT2D eigenvalue weighted by Crippen LogP contribution is 2.21. The summed E-state index contributed by atoms with van der Waals surface area (Å²) in [7, 11) is 0. The molecule has 0 unspecified atom stereocenters. The first-order valence-corrected chi connectivity index (χ1v) is 6.05. The van der Waals surface area contributed by atoms with Crippen LogP contribution in [0, 0.1) is 17.0 Å². The van der Waals surface area contributed by atoms with Crippen LogP contribution in [0.25, 0.3) is 0 Å². The van der Waals surface area contributed by atoms with Gasteiger partial charge >= 0.3 is 0 Å². The van der Waals surface area contributed by atoms with E-state index in [2.05, 4.69) is 10.3 Å². The van der Waals surface area contributed by atoms with E-state index >= 15 is 0 Å². The SMILES string of the molecule is Cc1ccc([N+](=O)[O-])cc1NCCc1ccccn1. The van der Waals surface area contributed by atoms with E-state index < -0.39 is 0 Å². The molecular weight excluding hydrogens is 242 g/mol. The highest BCUT2D eigenvalue weighted by Gasteiger charge is 2.08. The highest BCUT2D eigenvalue weighted by molar-refractivity contribution is 5.56. The van der Waals surface area contributed by atoms with Gasteiger partial charge in [0.1, 0.15) is 0 Å². The predicted molar refractivity (Wildman–Crippen MR) is 74.3 cm³/mol.